The zero-order chi connectivity index (χ0) is 14.9. The summed E-state index contributed by atoms with van der Waals surface area (Å²) in [4.78, 5) is 15.8. The van der Waals surface area contributed by atoms with Gasteiger partial charge in [0.05, 0.1) is 0 Å². The van der Waals surface area contributed by atoms with E-state index in [0.29, 0.717) is 11.3 Å². The molecule has 2 aliphatic rings. The number of nitrogens with zero attached hydrogens (tertiary/aromatic N) is 1. The van der Waals surface area contributed by atoms with Gasteiger partial charge in [0.1, 0.15) is 0 Å². The summed E-state index contributed by atoms with van der Waals surface area (Å²) in [5, 5.41) is 3.39. The molecule has 3 nitrogen and oxygen atoms in total. The Morgan fingerprint density at radius 3 is 2.62 bits per heavy atom. The molecule has 0 aromatic heterocycles. The molecule has 1 N–H and O–H groups in total. The van der Waals surface area contributed by atoms with Crippen LogP contribution in [0.1, 0.15) is 24.8 Å². The molecule has 114 valence electrons. The fourth-order valence-corrected chi connectivity index (χ4v) is 3.93. The first-order valence-electron chi connectivity index (χ1n) is 7.73. The van der Waals surface area contributed by atoms with Crippen LogP contribution in [-0.4, -0.2) is 37.2 Å². The summed E-state index contributed by atoms with van der Waals surface area (Å²) in [6, 6.07) is 8.51. The predicted molar refractivity (Wildman–Crippen MR) is 87.3 cm³/mol. The van der Waals surface area contributed by atoms with E-state index in [2.05, 4.69) is 35.8 Å². The minimum Gasteiger partial charge on any atom is -0.341 e. The fourth-order valence-electron chi connectivity index (χ4n) is 3.52. The van der Waals surface area contributed by atoms with Crippen molar-refractivity contribution in [2.75, 3.05) is 26.4 Å². The van der Waals surface area contributed by atoms with Crippen LogP contribution in [0.3, 0.4) is 0 Å². The Morgan fingerprint density at radius 1 is 1.33 bits per heavy atom. The zero-order valence-electron chi connectivity index (χ0n) is 12.9. The second-order valence-electron chi connectivity index (χ2n) is 6.41. The number of carbonyl (C=O) groups is 1. The van der Waals surface area contributed by atoms with Gasteiger partial charge in [0.25, 0.3) is 0 Å². The number of carbonyl (C=O) groups excluding carboxylic acids is 1. The number of amides is 1. The van der Waals surface area contributed by atoms with Gasteiger partial charge >= 0.3 is 0 Å². The summed E-state index contributed by atoms with van der Waals surface area (Å²) < 4.78 is 0. The summed E-state index contributed by atoms with van der Waals surface area (Å²) in [5.41, 5.74) is 1.54. The lowest BCUT2D eigenvalue weighted by molar-refractivity contribution is -0.132. The van der Waals surface area contributed by atoms with Crippen LogP contribution < -0.4 is 5.32 Å². The van der Waals surface area contributed by atoms with E-state index < -0.39 is 0 Å². The van der Waals surface area contributed by atoms with E-state index >= 15 is 0 Å². The number of hydrogen-bond donors (Lipinski definition) is 1. The van der Waals surface area contributed by atoms with Crippen molar-refractivity contribution in [3.63, 3.8) is 0 Å². The molecule has 1 aromatic carbocycles. The Bertz CT molecular complexity index is 508. The predicted octanol–water partition coefficient (Wildman–Crippen LogP) is 2.76. The average molecular weight is 304 g/mol. The molecular weight excluding hydrogens is 280 g/mol. The van der Waals surface area contributed by atoms with Gasteiger partial charge in [-0.15, -0.1) is 11.8 Å². The van der Waals surface area contributed by atoms with Gasteiger partial charge in [0.15, 0.2) is 0 Å². The van der Waals surface area contributed by atoms with Gasteiger partial charge in [-0.2, -0.15) is 0 Å². The van der Waals surface area contributed by atoms with Gasteiger partial charge in [0, 0.05) is 24.4 Å². The Kier molecular flexibility index (Phi) is 4.27. The number of rotatable bonds is 4. The Labute approximate surface area is 131 Å². The Balaban J connectivity index is 1.57. The minimum absolute atomic E-state index is 0.273. The van der Waals surface area contributed by atoms with E-state index in [1.807, 2.05) is 11.9 Å². The van der Waals surface area contributed by atoms with E-state index in [9.17, 15) is 4.79 Å². The van der Waals surface area contributed by atoms with E-state index in [0.717, 1.165) is 26.1 Å². The second kappa shape index (κ2) is 6.01. The number of thioether (sulfide) groups is 1. The molecular formula is C17H24N2OS. The van der Waals surface area contributed by atoms with Gasteiger partial charge in [-0.1, -0.05) is 12.1 Å². The molecule has 1 aliphatic heterocycles. The molecule has 1 saturated heterocycles. The van der Waals surface area contributed by atoms with Crippen LogP contribution in [0.5, 0.6) is 0 Å². The van der Waals surface area contributed by atoms with Gasteiger partial charge in [-0.3, -0.25) is 4.79 Å². The van der Waals surface area contributed by atoms with Crippen molar-refractivity contribution < 1.29 is 4.79 Å². The molecule has 1 atom stereocenters. The Hall–Kier alpha value is -1.00. The maximum Gasteiger partial charge on any atom is 0.226 e. The van der Waals surface area contributed by atoms with Gasteiger partial charge in [0.2, 0.25) is 5.91 Å². The molecule has 1 aliphatic carbocycles. The topological polar surface area (TPSA) is 32.3 Å². The summed E-state index contributed by atoms with van der Waals surface area (Å²) >= 11 is 1.75. The molecule has 3 rings (SSSR count). The fraction of sp³-hybridized carbons (Fsp3) is 0.588. The lowest BCUT2D eigenvalue weighted by Gasteiger charge is -2.25. The highest BCUT2D eigenvalue weighted by Gasteiger charge is 2.58. The van der Waals surface area contributed by atoms with Crippen LogP contribution >= 0.6 is 11.8 Å². The summed E-state index contributed by atoms with van der Waals surface area (Å²) in [6.45, 7) is 2.87. The molecule has 1 spiro atoms. The molecule has 1 amide bonds. The van der Waals surface area contributed by atoms with Crippen molar-refractivity contribution in [3.8, 4) is 0 Å². The Morgan fingerprint density at radius 2 is 2.00 bits per heavy atom. The highest BCUT2D eigenvalue weighted by Crippen LogP contribution is 2.59. The van der Waals surface area contributed by atoms with Gasteiger partial charge in [-0.25, -0.2) is 0 Å². The van der Waals surface area contributed by atoms with Crippen molar-refractivity contribution >= 4 is 17.7 Å². The molecule has 1 saturated carbocycles. The van der Waals surface area contributed by atoms with Gasteiger partial charge < -0.3 is 10.2 Å². The van der Waals surface area contributed by atoms with Crippen LogP contribution in [0, 0.1) is 11.3 Å². The van der Waals surface area contributed by atoms with Crippen LogP contribution in [0.2, 0.25) is 0 Å². The SMILES string of the molecule is CSc1ccc(CN(C)C(=O)C2CC23CCNCC3)cc1. The molecule has 0 radical (unpaired) electrons. The zero-order valence-corrected chi connectivity index (χ0v) is 13.7. The third-order valence-electron chi connectivity index (χ3n) is 5.04. The van der Waals surface area contributed by atoms with Crippen molar-refractivity contribution in [2.45, 2.75) is 30.7 Å². The van der Waals surface area contributed by atoms with E-state index in [1.54, 1.807) is 11.8 Å². The van der Waals surface area contributed by atoms with Crippen molar-refractivity contribution in [3.05, 3.63) is 29.8 Å². The van der Waals surface area contributed by atoms with Crippen LogP contribution in [0.25, 0.3) is 0 Å². The normalized spacial score (nSPS) is 23.0. The minimum atomic E-state index is 0.273. The molecule has 1 aromatic rings. The smallest absolute Gasteiger partial charge is 0.226 e. The molecule has 21 heavy (non-hydrogen) atoms. The lowest BCUT2D eigenvalue weighted by atomic mass is 9.91. The third kappa shape index (κ3) is 3.11. The van der Waals surface area contributed by atoms with Crippen molar-refractivity contribution in [1.82, 2.24) is 10.2 Å². The largest absolute Gasteiger partial charge is 0.341 e. The number of benzene rings is 1. The van der Waals surface area contributed by atoms with Crippen molar-refractivity contribution in [2.24, 2.45) is 11.3 Å². The first-order valence-corrected chi connectivity index (χ1v) is 8.96. The maximum absolute atomic E-state index is 12.6. The standard InChI is InChI=1S/C17H24N2OS/c1-19(12-13-3-5-14(21-2)6-4-13)16(20)15-11-17(15)7-9-18-10-8-17/h3-6,15,18H,7-12H2,1-2H3. The number of piperidine rings is 1. The first-order chi connectivity index (χ1) is 10.1. The van der Waals surface area contributed by atoms with E-state index in [-0.39, 0.29) is 5.92 Å². The summed E-state index contributed by atoms with van der Waals surface area (Å²) in [6.07, 6.45) is 5.51. The molecule has 1 heterocycles. The van der Waals surface area contributed by atoms with Gasteiger partial charge in [-0.05, 0) is 61.7 Å². The second-order valence-corrected chi connectivity index (χ2v) is 7.29. The van der Waals surface area contributed by atoms with E-state index in [4.69, 9.17) is 0 Å². The lowest BCUT2D eigenvalue weighted by Crippen LogP contribution is -2.34. The molecule has 2 fully saturated rings. The average Bonchev–Trinajstić information content (AvgIpc) is 3.21. The van der Waals surface area contributed by atoms with Crippen LogP contribution in [0.15, 0.2) is 29.2 Å². The van der Waals surface area contributed by atoms with E-state index in [1.165, 1.54) is 23.3 Å². The van der Waals surface area contributed by atoms with Crippen molar-refractivity contribution in [1.29, 1.82) is 0 Å². The molecule has 0 bridgehead atoms. The number of hydrogen-bond acceptors (Lipinski definition) is 3. The quantitative estimate of drug-likeness (QED) is 0.868. The molecule has 4 heteroatoms. The third-order valence-corrected chi connectivity index (χ3v) is 5.79. The summed E-state index contributed by atoms with van der Waals surface area (Å²) in [5.74, 6) is 0.612. The first kappa shape index (κ1) is 14.9. The highest BCUT2D eigenvalue weighted by atomic mass is 32.2. The maximum atomic E-state index is 12.6. The molecule has 1 unspecified atom stereocenters. The number of nitrogens with one attached hydrogen (secondary N) is 1. The van der Waals surface area contributed by atoms with Crippen LogP contribution in [0.4, 0.5) is 0 Å². The summed E-state index contributed by atoms with van der Waals surface area (Å²) in [7, 11) is 1.94. The monoisotopic (exact) mass is 304 g/mol. The van der Waals surface area contributed by atoms with Crippen LogP contribution in [-0.2, 0) is 11.3 Å². The highest BCUT2D eigenvalue weighted by molar-refractivity contribution is 7.98.